The Morgan fingerprint density at radius 2 is 1.87 bits per heavy atom. The molecule has 30 heavy (non-hydrogen) atoms. The molecule has 1 heterocycles. The van der Waals surface area contributed by atoms with Crippen LogP contribution in [-0.4, -0.2) is 57.6 Å². The molecule has 1 aromatic rings. The van der Waals surface area contributed by atoms with Gasteiger partial charge in [0.2, 0.25) is 0 Å². The van der Waals surface area contributed by atoms with Gasteiger partial charge in [-0.15, -0.1) is 0 Å². The Balaban J connectivity index is 2.42. The van der Waals surface area contributed by atoms with Gasteiger partial charge in [-0.2, -0.15) is 5.48 Å². The Morgan fingerprint density at radius 1 is 1.20 bits per heavy atom. The van der Waals surface area contributed by atoms with Crippen LogP contribution in [0.3, 0.4) is 0 Å². The highest BCUT2D eigenvalue weighted by molar-refractivity contribution is 5.93. The molecule has 0 aromatic carbocycles. The van der Waals surface area contributed by atoms with Crippen molar-refractivity contribution in [1.29, 1.82) is 0 Å². The molecular formula is C18H31N5O7. The highest BCUT2D eigenvalue weighted by atomic mass is 16.7. The maximum Gasteiger partial charge on any atom is 0.433 e. The van der Waals surface area contributed by atoms with Crippen molar-refractivity contribution in [3.63, 3.8) is 0 Å². The largest absolute Gasteiger partial charge is 0.433 e. The molecule has 0 saturated carbocycles. The van der Waals surface area contributed by atoms with E-state index >= 15 is 0 Å². The van der Waals surface area contributed by atoms with E-state index in [2.05, 4.69) is 21.1 Å². The summed E-state index contributed by atoms with van der Waals surface area (Å²) in [5.41, 5.74) is 2.43. The lowest BCUT2D eigenvalue weighted by Gasteiger charge is -2.28. The predicted octanol–water partition coefficient (Wildman–Crippen LogP) is 2.44. The quantitative estimate of drug-likeness (QED) is 0.114. The normalized spacial score (nSPS) is 13.6. The fraction of sp³-hybridized carbons (Fsp3) is 0.667. The standard InChI is InChI=1S/C18H31N5O7/c1-6-14(20-24)18(4,5)22-29-10-9-19-17(2,3)15(21-25)12-28-11-13-7-8-16(30-13)23(26)27/h7-8,19,22,24-25H,6,9-12H2,1-5H3/b20-14+,21-15+. The summed E-state index contributed by atoms with van der Waals surface area (Å²) in [5.74, 6) is -0.0653. The van der Waals surface area contributed by atoms with E-state index in [4.69, 9.17) is 19.2 Å². The second-order valence-electron chi connectivity index (χ2n) is 7.56. The minimum absolute atomic E-state index is 0.00275. The number of nitrogens with zero attached hydrogens (tertiary/aromatic N) is 3. The summed E-state index contributed by atoms with van der Waals surface area (Å²) in [4.78, 5) is 15.4. The van der Waals surface area contributed by atoms with Crippen molar-refractivity contribution < 1.29 is 29.3 Å². The van der Waals surface area contributed by atoms with Gasteiger partial charge in [0.05, 0.1) is 36.1 Å². The average molecular weight is 429 g/mol. The van der Waals surface area contributed by atoms with Crippen molar-refractivity contribution in [2.24, 2.45) is 10.3 Å². The fourth-order valence-electron chi connectivity index (χ4n) is 2.57. The van der Waals surface area contributed by atoms with Gasteiger partial charge in [-0.25, -0.2) is 0 Å². The van der Waals surface area contributed by atoms with E-state index in [0.29, 0.717) is 36.8 Å². The first-order valence-electron chi connectivity index (χ1n) is 9.45. The Hall–Kier alpha value is -2.54. The maximum atomic E-state index is 10.6. The lowest BCUT2D eigenvalue weighted by Crippen LogP contribution is -2.51. The van der Waals surface area contributed by atoms with Gasteiger partial charge in [0.15, 0.2) is 0 Å². The van der Waals surface area contributed by atoms with E-state index < -0.39 is 16.0 Å². The number of ether oxygens (including phenoxy) is 1. The molecule has 12 heteroatoms. The molecule has 1 aromatic heterocycles. The molecule has 0 radical (unpaired) electrons. The van der Waals surface area contributed by atoms with E-state index in [9.17, 15) is 15.3 Å². The van der Waals surface area contributed by atoms with Crippen molar-refractivity contribution in [3.05, 3.63) is 28.0 Å². The van der Waals surface area contributed by atoms with E-state index in [1.807, 2.05) is 34.6 Å². The molecule has 1 rings (SSSR count). The van der Waals surface area contributed by atoms with Crippen molar-refractivity contribution >= 4 is 17.3 Å². The summed E-state index contributed by atoms with van der Waals surface area (Å²) in [6.45, 7) is 9.90. The van der Waals surface area contributed by atoms with Crippen LogP contribution in [0.2, 0.25) is 0 Å². The van der Waals surface area contributed by atoms with Crippen LogP contribution in [0, 0.1) is 10.1 Å². The highest BCUT2D eigenvalue weighted by Crippen LogP contribution is 2.16. The molecule has 0 spiro atoms. The number of hydrogen-bond acceptors (Lipinski definition) is 11. The van der Waals surface area contributed by atoms with Crippen LogP contribution in [-0.2, 0) is 16.2 Å². The molecule has 0 aliphatic carbocycles. The number of oxime groups is 2. The Kier molecular flexibility index (Phi) is 9.85. The second kappa shape index (κ2) is 11.6. The van der Waals surface area contributed by atoms with Crippen LogP contribution in [0.4, 0.5) is 5.88 Å². The van der Waals surface area contributed by atoms with Crippen LogP contribution in [0.5, 0.6) is 0 Å². The summed E-state index contributed by atoms with van der Waals surface area (Å²) in [5, 5.41) is 38.7. The molecule has 0 fully saturated rings. The second-order valence-corrected chi connectivity index (χ2v) is 7.56. The van der Waals surface area contributed by atoms with E-state index in [0.717, 1.165) is 0 Å². The average Bonchev–Trinajstić information content (AvgIpc) is 3.14. The van der Waals surface area contributed by atoms with Crippen molar-refractivity contribution in [2.75, 3.05) is 19.8 Å². The van der Waals surface area contributed by atoms with Gasteiger partial charge in [-0.05, 0) is 40.2 Å². The number of nitrogens with one attached hydrogen (secondary N) is 2. The predicted molar refractivity (Wildman–Crippen MR) is 109 cm³/mol. The smallest absolute Gasteiger partial charge is 0.411 e. The van der Waals surface area contributed by atoms with Gasteiger partial charge in [-0.1, -0.05) is 17.2 Å². The molecule has 0 saturated heterocycles. The Bertz CT molecular complexity index is 743. The number of hydrogen-bond donors (Lipinski definition) is 4. The SMILES string of the molecule is CC/C(=N\O)C(C)(C)NOCCNC(C)(C)/C(COCc1ccc([N+](=O)[O-])o1)=N/O. The third-order valence-corrected chi connectivity index (χ3v) is 4.43. The summed E-state index contributed by atoms with van der Waals surface area (Å²) < 4.78 is 10.5. The van der Waals surface area contributed by atoms with Crippen molar-refractivity contribution in [3.8, 4) is 0 Å². The molecular weight excluding hydrogens is 398 g/mol. The van der Waals surface area contributed by atoms with Crippen LogP contribution in [0.25, 0.3) is 0 Å². The van der Waals surface area contributed by atoms with Crippen LogP contribution in [0.1, 0.15) is 46.8 Å². The minimum Gasteiger partial charge on any atom is -0.411 e. The van der Waals surface area contributed by atoms with Crippen LogP contribution >= 0.6 is 0 Å². The van der Waals surface area contributed by atoms with E-state index in [1.54, 1.807) is 0 Å². The summed E-state index contributed by atoms with van der Waals surface area (Å²) >= 11 is 0. The van der Waals surface area contributed by atoms with Gasteiger partial charge < -0.3 is 24.9 Å². The Labute approximate surface area is 175 Å². The number of hydroxylamine groups is 1. The van der Waals surface area contributed by atoms with Crippen LogP contribution in [0.15, 0.2) is 26.9 Å². The van der Waals surface area contributed by atoms with Crippen molar-refractivity contribution in [1.82, 2.24) is 10.8 Å². The van der Waals surface area contributed by atoms with Gasteiger partial charge in [0, 0.05) is 6.54 Å². The first kappa shape index (κ1) is 25.5. The summed E-state index contributed by atoms with van der Waals surface area (Å²) in [7, 11) is 0. The van der Waals surface area contributed by atoms with Gasteiger partial charge in [0.1, 0.15) is 23.0 Å². The minimum atomic E-state index is -0.704. The first-order valence-corrected chi connectivity index (χ1v) is 9.45. The number of rotatable bonds is 14. The third kappa shape index (κ3) is 7.71. The summed E-state index contributed by atoms with van der Waals surface area (Å²) in [6.07, 6.45) is 0.576. The molecule has 4 N–H and O–H groups in total. The third-order valence-electron chi connectivity index (χ3n) is 4.43. The zero-order valence-electron chi connectivity index (χ0n) is 18.0. The van der Waals surface area contributed by atoms with Crippen molar-refractivity contribution in [2.45, 2.75) is 58.7 Å². The highest BCUT2D eigenvalue weighted by Gasteiger charge is 2.27. The Morgan fingerprint density at radius 3 is 2.40 bits per heavy atom. The van der Waals surface area contributed by atoms with Gasteiger partial charge in [0.25, 0.3) is 0 Å². The molecule has 0 aliphatic heterocycles. The molecule has 0 amide bonds. The molecule has 12 nitrogen and oxygen atoms in total. The van der Waals surface area contributed by atoms with E-state index in [1.165, 1.54) is 12.1 Å². The molecule has 0 bridgehead atoms. The molecule has 170 valence electrons. The zero-order valence-corrected chi connectivity index (χ0v) is 18.0. The fourth-order valence-corrected chi connectivity index (χ4v) is 2.57. The topological polar surface area (TPSA) is 164 Å². The maximum absolute atomic E-state index is 10.6. The van der Waals surface area contributed by atoms with Gasteiger partial charge in [-0.3, -0.25) is 15.0 Å². The number of nitro groups is 1. The molecule has 0 aliphatic rings. The van der Waals surface area contributed by atoms with Crippen LogP contribution < -0.4 is 10.8 Å². The monoisotopic (exact) mass is 429 g/mol. The molecule has 0 unspecified atom stereocenters. The van der Waals surface area contributed by atoms with E-state index in [-0.39, 0.29) is 19.1 Å². The first-order chi connectivity index (χ1) is 14.1. The van der Waals surface area contributed by atoms with Gasteiger partial charge >= 0.3 is 5.88 Å². The molecule has 0 atom stereocenters. The lowest BCUT2D eigenvalue weighted by molar-refractivity contribution is -0.402. The summed E-state index contributed by atoms with van der Waals surface area (Å²) in [6, 6.07) is 2.70. The zero-order chi connectivity index (χ0) is 22.8. The lowest BCUT2D eigenvalue weighted by atomic mass is 9.98. The number of furan rings is 1.